The Morgan fingerprint density at radius 3 is 2.86 bits per heavy atom. The Balaban J connectivity index is 0.000000461. The summed E-state index contributed by atoms with van der Waals surface area (Å²) in [5.41, 5.74) is 1.34. The summed E-state index contributed by atoms with van der Waals surface area (Å²) in [5, 5.41) is 2.57. The average Bonchev–Trinajstić information content (AvgIpc) is 2.53. The SMILES string of the molecule is C=C.Cc1nc2c(cc1F)C(=O)NC2. The van der Waals surface area contributed by atoms with E-state index in [4.69, 9.17) is 0 Å². The zero-order valence-electron chi connectivity index (χ0n) is 7.93. The third kappa shape index (κ3) is 1.64. The topological polar surface area (TPSA) is 42.0 Å². The van der Waals surface area contributed by atoms with Crippen molar-refractivity contribution in [3.8, 4) is 0 Å². The van der Waals surface area contributed by atoms with Crippen LogP contribution in [-0.4, -0.2) is 10.9 Å². The fourth-order valence-corrected chi connectivity index (χ4v) is 1.22. The molecule has 0 aromatic carbocycles. The molecule has 0 bridgehead atoms. The number of hydrogen-bond donors (Lipinski definition) is 1. The van der Waals surface area contributed by atoms with Gasteiger partial charge in [0.25, 0.3) is 5.91 Å². The highest BCUT2D eigenvalue weighted by atomic mass is 19.1. The maximum absolute atomic E-state index is 12.9. The summed E-state index contributed by atoms with van der Waals surface area (Å²) in [6.07, 6.45) is 0. The van der Waals surface area contributed by atoms with E-state index >= 15 is 0 Å². The minimum Gasteiger partial charge on any atom is -0.346 e. The van der Waals surface area contributed by atoms with E-state index in [2.05, 4.69) is 23.5 Å². The maximum atomic E-state index is 12.9. The molecule has 14 heavy (non-hydrogen) atoms. The maximum Gasteiger partial charge on any atom is 0.253 e. The lowest BCUT2D eigenvalue weighted by Crippen LogP contribution is -2.12. The first-order chi connectivity index (χ1) is 6.68. The zero-order chi connectivity index (χ0) is 10.7. The summed E-state index contributed by atoms with van der Waals surface area (Å²) in [5.74, 6) is -0.665. The Labute approximate surface area is 81.7 Å². The second-order valence-corrected chi connectivity index (χ2v) is 2.73. The van der Waals surface area contributed by atoms with Gasteiger partial charge in [0.15, 0.2) is 0 Å². The van der Waals surface area contributed by atoms with Crippen LogP contribution in [0.4, 0.5) is 4.39 Å². The largest absolute Gasteiger partial charge is 0.346 e. The number of fused-ring (bicyclic) bond motifs is 1. The third-order valence-corrected chi connectivity index (χ3v) is 1.89. The van der Waals surface area contributed by atoms with Crippen molar-refractivity contribution in [2.45, 2.75) is 13.5 Å². The Morgan fingerprint density at radius 1 is 1.57 bits per heavy atom. The molecule has 1 amide bonds. The van der Waals surface area contributed by atoms with Crippen LogP contribution < -0.4 is 5.32 Å². The van der Waals surface area contributed by atoms with E-state index in [0.29, 0.717) is 23.5 Å². The van der Waals surface area contributed by atoms with Crippen LogP contribution in [0.15, 0.2) is 19.2 Å². The highest BCUT2D eigenvalue weighted by Gasteiger charge is 2.21. The van der Waals surface area contributed by atoms with Crippen LogP contribution in [0.3, 0.4) is 0 Å². The number of aromatic nitrogens is 1. The van der Waals surface area contributed by atoms with Crippen LogP contribution in [0, 0.1) is 12.7 Å². The lowest BCUT2D eigenvalue weighted by molar-refractivity contribution is 0.0965. The van der Waals surface area contributed by atoms with Gasteiger partial charge in [-0.1, -0.05) is 0 Å². The predicted octanol–water partition coefficient (Wildman–Crippen LogP) is 1.57. The molecule has 1 N–H and O–H groups in total. The molecule has 0 saturated heterocycles. The Bertz CT molecular complexity index is 377. The van der Waals surface area contributed by atoms with Gasteiger partial charge >= 0.3 is 0 Å². The molecule has 0 spiro atoms. The third-order valence-electron chi connectivity index (χ3n) is 1.89. The number of nitrogens with zero attached hydrogens (tertiary/aromatic N) is 1. The molecule has 1 aromatic rings. The van der Waals surface area contributed by atoms with Gasteiger partial charge in [-0.05, 0) is 13.0 Å². The van der Waals surface area contributed by atoms with Crippen LogP contribution in [0.5, 0.6) is 0 Å². The first-order valence-electron chi connectivity index (χ1n) is 4.12. The summed E-state index contributed by atoms with van der Waals surface area (Å²) < 4.78 is 12.9. The summed E-state index contributed by atoms with van der Waals surface area (Å²) in [6, 6.07) is 1.24. The molecule has 0 aliphatic carbocycles. The quantitative estimate of drug-likeness (QED) is 0.637. The van der Waals surface area contributed by atoms with Crippen LogP contribution in [0.25, 0.3) is 0 Å². The van der Waals surface area contributed by atoms with Gasteiger partial charge in [-0.2, -0.15) is 0 Å². The van der Waals surface area contributed by atoms with Crippen molar-refractivity contribution in [2.24, 2.45) is 0 Å². The minimum absolute atomic E-state index is 0.239. The fourth-order valence-electron chi connectivity index (χ4n) is 1.22. The Morgan fingerprint density at radius 2 is 2.21 bits per heavy atom. The molecule has 4 heteroatoms. The smallest absolute Gasteiger partial charge is 0.253 e. The number of carbonyl (C=O) groups excluding carboxylic acids is 1. The van der Waals surface area contributed by atoms with Crippen LogP contribution in [0.2, 0.25) is 0 Å². The summed E-state index contributed by atoms with van der Waals surface area (Å²) >= 11 is 0. The van der Waals surface area contributed by atoms with E-state index in [1.165, 1.54) is 6.07 Å². The highest BCUT2D eigenvalue weighted by Crippen LogP contribution is 2.15. The van der Waals surface area contributed by atoms with Crippen molar-refractivity contribution in [3.05, 3.63) is 42.0 Å². The first-order valence-corrected chi connectivity index (χ1v) is 4.12. The number of aryl methyl sites for hydroxylation is 1. The molecule has 74 valence electrons. The van der Waals surface area contributed by atoms with Gasteiger partial charge in [-0.3, -0.25) is 9.78 Å². The molecule has 0 radical (unpaired) electrons. The van der Waals surface area contributed by atoms with E-state index in [1.54, 1.807) is 6.92 Å². The fraction of sp³-hybridized carbons (Fsp3) is 0.200. The molecule has 2 heterocycles. The number of halogens is 1. The van der Waals surface area contributed by atoms with E-state index in [9.17, 15) is 9.18 Å². The number of rotatable bonds is 0. The molecule has 0 saturated carbocycles. The van der Waals surface area contributed by atoms with Gasteiger partial charge in [0.1, 0.15) is 5.82 Å². The molecule has 1 aromatic heterocycles. The van der Waals surface area contributed by atoms with Gasteiger partial charge in [-0.25, -0.2) is 4.39 Å². The zero-order valence-corrected chi connectivity index (χ0v) is 7.93. The lowest BCUT2D eigenvalue weighted by atomic mass is 10.2. The highest BCUT2D eigenvalue weighted by molar-refractivity contribution is 5.97. The van der Waals surface area contributed by atoms with E-state index in [1.807, 2.05) is 0 Å². The van der Waals surface area contributed by atoms with Gasteiger partial charge in [0.2, 0.25) is 0 Å². The number of carbonyl (C=O) groups is 1. The van der Waals surface area contributed by atoms with Gasteiger partial charge in [0.05, 0.1) is 23.5 Å². The van der Waals surface area contributed by atoms with Crippen molar-refractivity contribution in [2.75, 3.05) is 0 Å². The van der Waals surface area contributed by atoms with E-state index < -0.39 is 5.82 Å². The second kappa shape index (κ2) is 4.00. The summed E-state index contributed by atoms with van der Waals surface area (Å²) in [7, 11) is 0. The summed E-state index contributed by atoms with van der Waals surface area (Å²) in [6.45, 7) is 7.99. The molecule has 1 aliphatic rings. The van der Waals surface area contributed by atoms with Crippen molar-refractivity contribution in [1.82, 2.24) is 10.3 Å². The second-order valence-electron chi connectivity index (χ2n) is 2.73. The van der Waals surface area contributed by atoms with Crippen LogP contribution >= 0.6 is 0 Å². The number of pyridine rings is 1. The van der Waals surface area contributed by atoms with Crippen LogP contribution in [0.1, 0.15) is 21.7 Å². The average molecular weight is 194 g/mol. The molecule has 0 unspecified atom stereocenters. The van der Waals surface area contributed by atoms with Crippen molar-refractivity contribution in [3.63, 3.8) is 0 Å². The van der Waals surface area contributed by atoms with Gasteiger partial charge in [-0.15, -0.1) is 13.2 Å². The standard InChI is InChI=1S/C8H7FN2O.C2H4/c1-4-6(9)2-5-7(11-4)3-10-8(5)12;1-2/h2H,3H2,1H3,(H,10,12);1-2H2. The Kier molecular flexibility index (Phi) is 2.96. The van der Waals surface area contributed by atoms with Crippen molar-refractivity contribution < 1.29 is 9.18 Å². The predicted molar refractivity (Wildman–Crippen MR) is 51.4 cm³/mol. The molecule has 0 atom stereocenters. The van der Waals surface area contributed by atoms with Crippen molar-refractivity contribution >= 4 is 5.91 Å². The molecular weight excluding hydrogens is 183 g/mol. The number of hydrogen-bond acceptors (Lipinski definition) is 2. The number of amides is 1. The van der Waals surface area contributed by atoms with Crippen molar-refractivity contribution in [1.29, 1.82) is 0 Å². The monoisotopic (exact) mass is 194 g/mol. The van der Waals surface area contributed by atoms with E-state index in [0.717, 1.165) is 0 Å². The van der Waals surface area contributed by atoms with Gasteiger partial charge in [0, 0.05) is 0 Å². The molecule has 3 nitrogen and oxygen atoms in total. The lowest BCUT2D eigenvalue weighted by Gasteiger charge is -1.97. The molecule has 1 aliphatic heterocycles. The van der Waals surface area contributed by atoms with E-state index in [-0.39, 0.29) is 5.91 Å². The molecule has 2 rings (SSSR count). The van der Waals surface area contributed by atoms with Gasteiger partial charge < -0.3 is 5.32 Å². The minimum atomic E-state index is -0.425. The number of nitrogens with one attached hydrogen (secondary N) is 1. The molecular formula is C10H11FN2O. The first kappa shape index (κ1) is 10.4. The molecule has 0 fully saturated rings. The van der Waals surface area contributed by atoms with Crippen LogP contribution in [-0.2, 0) is 6.54 Å². The Hall–Kier alpha value is -1.71. The summed E-state index contributed by atoms with van der Waals surface area (Å²) in [4.78, 5) is 15.0. The normalized spacial score (nSPS) is 12.6.